The molecule has 3 aromatic rings. The van der Waals surface area contributed by atoms with Gasteiger partial charge in [0.25, 0.3) is 5.91 Å². The quantitative estimate of drug-likeness (QED) is 0.496. The van der Waals surface area contributed by atoms with Crippen molar-refractivity contribution in [3.8, 4) is 5.75 Å². The molecule has 0 atom stereocenters. The lowest BCUT2D eigenvalue weighted by Gasteiger charge is -2.10. The third kappa shape index (κ3) is 6.12. The molecule has 0 aliphatic carbocycles. The third-order valence-electron chi connectivity index (χ3n) is 4.02. The van der Waals surface area contributed by atoms with Crippen LogP contribution in [0.1, 0.15) is 5.56 Å². The number of nitrogens with one attached hydrogen (secondary N) is 2. The van der Waals surface area contributed by atoms with Gasteiger partial charge in [-0.15, -0.1) is 0 Å². The van der Waals surface area contributed by atoms with Gasteiger partial charge < -0.3 is 10.1 Å². The maximum atomic E-state index is 13.8. The monoisotopic (exact) mass is 492 g/mol. The number of carbonyl (C=O) groups excluding carboxylic acids is 1. The maximum absolute atomic E-state index is 13.8. The molecule has 0 spiro atoms. The normalized spacial score (nSPS) is 11.1. The predicted octanol–water partition coefficient (Wildman–Crippen LogP) is 4.08. The lowest BCUT2D eigenvalue weighted by molar-refractivity contribution is -0.118. The van der Waals surface area contributed by atoms with Crippen LogP contribution in [0.25, 0.3) is 0 Å². The second-order valence-corrected chi connectivity index (χ2v) is 8.93. The Labute approximate surface area is 182 Å². The Morgan fingerprint density at radius 1 is 1.00 bits per heavy atom. The van der Waals surface area contributed by atoms with Crippen LogP contribution in [0.5, 0.6) is 5.75 Å². The number of benzene rings is 3. The molecule has 6 nitrogen and oxygen atoms in total. The van der Waals surface area contributed by atoms with Crippen molar-refractivity contribution >= 4 is 37.5 Å². The minimum Gasteiger partial charge on any atom is -0.484 e. The Balaban J connectivity index is 1.54. The van der Waals surface area contributed by atoms with E-state index < -0.39 is 21.7 Å². The lowest BCUT2D eigenvalue weighted by Crippen LogP contribution is -2.23. The minimum absolute atomic E-state index is 0.0396. The van der Waals surface area contributed by atoms with Crippen molar-refractivity contribution in [2.24, 2.45) is 0 Å². The van der Waals surface area contributed by atoms with Gasteiger partial charge in [-0.3, -0.25) is 4.79 Å². The summed E-state index contributed by atoms with van der Waals surface area (Å²) in [7, 11) is -3.69. The molecule has 0 radical (unpaired) electrons. The Bertz CT molecular complexity index is 1120. The van der Waals surface area contributed by atoms with Gasteiger partial charge in [-0.2, -0.15) is 0 Å². The number of anilines is 1. The molecule has 0 bridgehead atoms. The average Bonchev–Trinajstić information content (AvgIpc) is 2.74. The highest BCUT2D eigenvalue weighted by Crippen LogP contribution is 2.20. The van der Waals surface area contributed by atoms with Crippen molar-refractivity contribution in [3.63, 3.8) is 0 Å². The molecule has 9 heteroatoms. The van der Waals surface area contributed by atoms with Gasteiger partial charge in [-0.25, -0.2) is 17.5 Å². The van der Waals surface area contributed by atoms with E-state index in [9.17, 15) is 17.6 Å². The van der Waals surface area contributed by atoms with Gasteiger partial charge in [0.2, 0.25) is 10.0 Å². The van der Waals surface area contributed by atoms with E-state index in [-0.39, 0.29) is 23.7 Å². The van der Waals surface area contributed by atoms with E-state index in [1.54, 1.807) is 6.07 Å². The molecule has 0 saturated carbocycles. The number of hydrogen-bond donors (Lipinski definition) is 2. The van der Waals surface area contributed by atoms with Crippen LogP contribution in [0.4, 0.5) is 10.1 Å². The van der Waals surface area contributed by atoms with Crippen molar-refractivity contribution < 1.29 is 22.3 Å². The molecule has 0 unspecified atom stereocenters. The maximum Gasteiger partial charge on any atom is 0.262 e. The highest BCUT2D eigenvalue weighted by molar-refractivity contribution is 9.10. The van der Waals surface area contributed by atoms with Gasteiger partial charge in [-0.1, -0.05) is 46.3 Å². The summed E-state index contributed by atoms with van der Waals surface area (Å²) in [6.45, 7) is -0.179. The Kier molecular flexibility index (Phi) is 7.20. The SMILES string of the molecule is O=C(COc1ccc(S(=O)(=O)NCc2ccccc2)cc1)Nc1ccc(Br)cc1F. The second-order valence-electron chi connectivity index (χ2n) is 6.24. The average molecular weight is 493 g/mol. The summed E-state index contributed by atoms with van der Waals surface area (Å²) in [5.41, 5.74) is 0.881. The van der Waals surface area contributed by atoms with E-state index in [1.807, 2.05) is 30.3 Å². The van der Waals surface area contributed by atoms with E-state index in [2.05, 4.69) is 26.0 Å². The van der Waals surface area contributed by atoms with Gasteiger partial charge in [0, 0.05) is 11.0 Å². The molecule has 0 aliphatic heterocycles. The van der Waals surface area contributed by atoms with Crippen LogP contribution in [0.2, 0.25) is 0 Å². The summed E-state index contributed by atoms with van der Waals surface area (Å²) >= 11 is 3.14. The van der Waals surface area contributed by atoms with E-state index in [0.29, 0.717) is 10.2 Å². The number of hydrogen-bond acceptors (Lipinski definition) is 4. The third-order valence-corrected chi connectivity index (χ3v) is 5.93. The molecule has 0 heterocycles. The van der Waals surface area contributed by atoms with E-state index in [1.165, 1.54) is 36.4 Å². The van der Waals surface area contributed by atoms with Crippen LogP contribution < -0.4 is 14.8 Å². The van der Waals surface area contributed by atoms with Crippen molar-refractivity contribution in [1.82, 2.24) is 4.72 Å². The van der Waals surface area contributed by atoms with E-state index in [0.717, 1.165) is 5.56 Å². The van der Waals surface area contributed by atoms with Crippen LogP contribution in [0, 0.1) is 5.82 Å². The molecular formula is C21H18BrFN2O4S. The number of amides is 1. The van der Waals surface area contributed by atoms with Gasteiger partial charge >= 0.3 is 0 Å². The van der Waals surface area contributed by atoms with E-state index in [4.69, 9.17) is 4.74 Å². The number of carbonyl (C=O) groups is 1. The van der Waals surface area contributed by atoms with Crippen LogP contribution in [-0.4, -0.2) is 20.9 Å². The van der Waals surface area contributed by atoms with Gasteiger partial charge in [0.05, 0.1) is 10.6 Å². The van der Waals surface area contributed by atoms with Crippen molar-refractivity contribution in [1.29, 1.82) is 0 Å². The zero-order valence-corrected chi connectivity index (χ0v) is 18.0. The van der Waals surface area contributed by atoms with Crippen LogP contribution >= 0.6 is 15.9 Å². The lowest BCUT2D eigenvalue weighted by atomic mass is 10.2. The number of ether oxygens (including phenoxy) is 1. The van der Waals surface area contributed by atoms with Crippen molar-refractivity contribution in [3.05, 3.63) is 88.6 Å². The summed E-state index contributed by atoms with van der Waals surface area (Å²) in [6.07, 6.45) is 0. The summed E-state index contributed by atoms with van der Waals surface area (Å²) < 4.78 is 47.0. The van der Waals surface area contributed by atoms with Crippen LogP contribution in [0.3, 0.4) is 0 Å². The summed E-state index contributed by atoms with van der Waals surface area (Å²) in [4.78, 5) is 12.0. The highest BCUT2D eigenvalue weighted by Gasteiger charge is 2.14. The number of halogens is 2. The standard InChI is InChI=1S/C21H18BrFN2O4S/c22-16-6-11-20(19(23)12-16)25-21(26)14-29-17-7-9-18(10-8-17)30(27,28)24-13-15-4-2-1-3-5-15/h1-12,24H,13-14H2,(H,25,26). The summed E-state index contributed by atoms with van der Waals surface area (Å²) in [5.74, 6) is -0.809. The summed E-state index contributed by atoms with van der Waals surface area (Å²) in [6, 6.07) is 19.1. The van der Waals surface area contributed by atoms with Gasteiger partial charge in [0.1, 0.15) is 11.6 Å². The zero-order chi connectivity index (χ0) is 21.6. The van der Waals surface area contributed by atoms with Crippen LogP contribution in [0.15, 0.2) is 82.2 Å². The Morgan fingerprint density at radius 3 is 2.37 bits per heavy atom. The molecule has 1 amide bonds. The summed E-state index contributed by atoms with van der Waals surface area (Å²) in [5, 5.41) is 2.41. The Morgan fingerprint density at radius 2 is 1.70 bits per heavy atom. The highest BCUT2D eigenvalue weighted by atomic mass is 79.9. The second kappa shape index (κ2) is 9.84. The first-order valence-electron chi connectivity index (χ1n) is 8.85. The number of rotatable bonds is 8. The molecule has 3 rings (SSSR count). The molecule has 0 saturated heterocycles. The first-order chi connectivity index (χ1) is 14.3. The van der Waals surface area contributed by atoms with Gasteiger partial charge in [-0.05, 0) is 48.0 Å². The van der Waals surface area contributed by atoms with Gasteiger partial charge in [0.15, 0.2) is 6.61 Å². The van der Waals surface area contributed by atoms with Crippen molar-refractivity contribution in [2.45, 2.75) is 11.4 Å². The first-order valence-corrected chi connectivity index (χ1v) is 11.1. The van der Waals surface area contributed by atoms with E-state index >= 15 is 0 Å². The molecule has 0 aromatic heterocycles. The fourth-order valence-electron chi connectivity index (χ4n) is 2.50. The van der Waals surface area contributed by atoms with Crippen molar-refractivity contribution in [2.75, 3.05) is 11.9 Å². The smallest absolute Gasteiger partial charge is 0.262 e. The fourth-order valence-corrected chi connectivity index (χ4v) is 3.85. The molecule has 156 valence electrons. The number of sulfonamides is 1. The zero-order valence-electron chi connectivity index (χ0n) is 15.6. The topological polar surface area (TPSA) is 84.5 Å². The fraction of sp³-hybridized carbons (Fsp3) is 0.0952. The molecule has 0 fully saturated rings. The Hall–Kier alpha value is -2.75. The molecular weight excluding hydrogens is 475 g/mol. The molecule has 30 heavy (non-hydrogen) atoms. The molecule has 2 N–H and O–H groups in total. The first kappa shape index (κ1) is 21.9. The van der Waals surface area contributed by atoms with Crippen LogP contribution in [-0.2, 0) is 21.4 Å². The minimum atomic E-state index is -3.69. The molecule has 3 aromatic carbocycles. The predicted molar refractivity (Wildman–Crippen MR) is 115 cm³/mol. The molecule has 0 aliphatic rings. The largest absolute Gasteiger partial charge is 0.484 e.